The number of nitrogens with one attached hydrogen (secondary N) is 1. The van der Waals surface area contributed by atoms with Crippen molar-refractivity contribution in [3.63, 3.8) is 0 Å². The van der Waals surface area contributed by atoms with E-state index in [2.05, 4.69) is 19.2 Å². The third-order valence-electron chi connectivity index (χ3n) is 4.32. The first kappa shape index (κ1) is 17.8. The normalized spacial score (nSPS) is 13.2. The van der Waals surface area contributed by atoms with Gasteiger partial charge in [-0.2, -0.15) is 0 Å². The monoisotopic (exact) mass is 355 g/mol. The van der Waals surface area contributed by atoms with Crippen molar-refractivity contribution in [3.05, 3.63) is 53.6 Å². The second-order valence-corrected chi connectivity index (χ2v) is 6.12. The Morgan fingerprint density at radius 2 is 1.85 bits per heavy atom. The summed E-state index contributed by atoms with van der Waals surface area (Å²) in [7, 11) is 0. The molecule has 6 heteroatoms. The highest BCUT2D eigenvalue weighted by Gasteiger charge is 2.17. The van der Waals surface area contributed by atoms with Gasteiger partial charge in [0.2, 0.25) is 6.79 Å². The molecular weight excluding hydrogens is 334 g/mol. The molecule has 1 heterocycles. The molecule has 0 aromatic heterocycles. The summed E-state index contributed by atoms with van der Waals surface area (Å²) < 4.78 is 15.5. The summed E-state index contributed by atoms with van der Waals surface area (Å²) in [4.78, 5) is 24.0. The number of ether oxygens (including phenoxy) is 3. The van der Waals surface area contributed by atoms with Crippen LogP contribution in [0.1, 0.15) is 42.1 Å². The van der Waals surface area contributed by atoms with Crippen LogP contribution in [0.5, 0.6) is 11.5 Å². The van der Waals surface area contributed by atoms with Gasteiger partial charge in [-0.05, 0) is 48.2 Å². The van der Waals surface area contributed by atoms with E-state index in [1.54, 1.807) is 12.1 Å². The number of fused-ring (bicyclic) bond motifs is 1. The van der Waals surface area contributed by atoms with Gasteiger partial charge in [-0.15, -0.1) is 0 Å². The zero-order valence-corrected chi connectivity index (χ0v) is 14.8. The first-order valence-corrected chi connectivity index (χ1v) is 8.53. The lowest BCUT2D eigenvalue weighted by molar-refractivity contribution is -0.119. The van der Waals surface area contributed by atoms with E-state index in [1.807, 2.05) is 24.3 Å². The van der Waals surface area contributed by atoms with E-state index >= 15 is 0 Å². The van der Waals surface area contributed by atoms with Gasteiger partial charge in [0.05, 0.1) is 5.56 Å². The molecule has 0 spiro atoms. The molecule has 2 aromatic carbocycles. The molecule has 0 radical (unpaired) electrons. The molecular formula is C20H21NO5. The Labute approximate surface area is 152 Å². The molecule has 1 N–H and O–H groups in total. The zero-order chi connectivity index (χ0) is 18.5. The fourth-order valence-corrected chi connectivity index (χ4v) is 2.57. The van der Waals surface area contributed by atoms with E-state index in [1.165, 1.54) is 11.6 Å². The van der Waals surface area contributed by atoms with Gasteiger partial charge in [-0.25, -0.2) is 4.79 Å². The highest BCUT2D eigenvalue weighted by molar-refractivity contribution is 5.95. The van der Waals surface area contributed by atoms with E-state index in [4.69, 9.17) is 14.2 Å². The van der Waals surface area contributed by atoms with Gasteiger partial charge in [-0.1, -0.05) is 26.0 Å². The summed E-state index contributed by atoms with van der Waals surface area (Å²) in [6.45, 7) is 4.06. The number of esters is 1. The zero-order valence-electron chi connectivity index (χ0n) is 14.8. The molecule has 3 rings (SSSR count). The quantitative estimate of drug-likeness (QED) is 0.800. The standard InChI is InChI=1S/C20H21NO5/c1-3-13(2)14-4-7-16(8-5-14)21-19(22)11-24-20(23)15-6-9-17-18(10-15)26-12-25-17/h4-10,13H,3,11-12H2,1-2H3,(H,21,22). The summed E-state index contributed by atoms with van der Waals surface area (Å²) in [5.74, 6) is 0.564. The van der Waals surface area contributed by atoms with Gasteiger partial charge in [0.1, 0.15) is 0 Å². The number of benzene rings is 2. The van der Waals surface area contributed by atoms with Crippen molar-refractivity contribution in [3.8, 4) is 11.5 Å². The lowest BCUT2D eigenvalue weighted by atomic mass is 9.99. The summed E-state index contributed by atoms with van der Waals surface area (Å²) in [6.07, 6.45) is 1.06. The summed E-state index contributed by atoms with van der Waals surface area (Å²) in [6, 6.07) is 12.4. The van der Waals surface area contributed by atoms with Crippen molar-refractivity contribution in [2.24, 2.45) is 0 Å². The van der Waals surface area contributed by atoms with Crippen LogP contribution >= 0.6 is 0 Å². The summed E-state index contributed by atoms with van der Waals surface area (Å²) in [5, 5.41) is 2.71. The second-order valence-electron chi connectivity index (χ2n) is 6.12. The Hall–Kier alpha value is -3.02. The van der Waals surface area contributed by atoms with Crippen LogP contribution in [0.15, 0.2) is 42.5 Å². The lowest BCUT2D eigenvalue weighted by Gasteiger charge is -2.11. The molecule has 0 saturated heterocycles. The minimum absolute atomic E-state index is 0.131. The largest absolute Gasteiger partial charge is 0.454 e. The first-order chi connectivity index (χ1) is 12.6. The maximum absolute atomic E-state index is 12.1. The number of carbonyl (C=O) groups is 2. The predicted octanol–water partition coefficient (Wildman–Crippen LogP) is 3.72. The minimum atomic E-state index is -0.592. The molecule has 136 valence electrons. The van der Waals surface area contributed by atoms with Crippen LogP contribution < -0.4 is 14.8 Å². The van der Waals surface area contributed by atoms with Gasteiger partial charge in [0.15, 0.2) is 18.1 Å². The second kappa shape index (κ2) is 7.91. The van der Waals surface area contributed by atoms with Gasteiger partial charge >= 0.3 is 5.97 Å². The number of carbonyl (C=O) groups excluding carboxylic acids is 2. The number of anilines is 1. The van der Waals surface area contributed by atoms with E-state index in [0.29, 0.717) is 28.7 Å². The fraction of sp³-hybridized carbons (Fsp3) is 0.300. The maximum Gasteiger partial charge on any atom is 0.338 e. The van der Waals surface area contributed by atoms with Crippen LogP contribution in [0.4, 0.5) is 5.69 Å². The number of hydrogen-bond acceptors (Lipinski definition) is 5. The number of amides is 1. The molecule has 1 unspecified atom stereocenters. The average molecular weight is 355 g/mol. The van der Waals surface area contributed by atoms with Crippen LogP contribution in [0, 0.1) is 0 Å². The lowest BCUT2D eigenvalue weighted by Crippen LogP contribution is -2.20. The Morgan fingerprint density at radius 3 is 2.58 bits per heavy atom. The molecule has 0 bridgehead atoms. The molecule has 1 aliphatic rings. The van der Waals surface area contributed by atoms with Crippen molar-refractivity contribution in [2.75, 3.05) is 18.7 Å². The molecule has 1 aliphatic heterocycles. The summed E-state index contributed by atoms with van der Waals surface area (Å²) in [5.41, 5.74) is 2.20. The highest BCUT2D eigenvalue weighted by atomic mass is 16.7. The van der Waals surface area contributed by atoms with E-state index in [9.17, 15) is 9.59 Å². The van der Waals surface area contributed by atoms with Crippen LogP contribution in [-0.4, -0.2) is 25.3 Å². The van der Waals surface area contributed by atoms with E-state index in [0.717, 1.165) is 6.42 Å². The van der Waals surface area contributed by atoms with Crippen molar-refractivity contribution >= 4 is 17.6 Å². The molecule has 1 atom stereocenters. The Balaban J connectivity index is 1.51. The molecule has 1 amide bonds. The molecule has 2 aromatic rings. The Morgan fingerprint density at radius 1 is 1.12 bits per heavy atom. The molecule has 0 aliphatic carbocycles. The van der Waals surface area contributed by atoms with Crippen molar-refractivity contribution in [1.29, 1.82) is 0 Å². The highest BCUT2D eigenvalue weighted by Crippen LogP contribution is 2.32. The first-order valence-electron chi connectivity index (χ1n) is 8.53. The minimum Gasteiger partial charge on any atom is -0.454 e. The molecule has 26 heavy (non-hydrogen) atoms. The molecule has 6 nitrogen and oxygen atoms in total. The number of rotatable bonds is 6. The van der Waals surface area contributed by atoms with Gasteiger partial charge < -0.3 is 19.5 Å². The van der Waals surface area contributed by atoms with Gasteiger partial charge in [0, 0.05) is 5.69 Å². The molecule has 0 saturated carbocycles. The predicted molar refractivity (Wildman–Crippen MR) is 96.6 cm³/mol. The summed E-state index contributed by atoms with van der Waals surface area (Å²) >= 11 is 0. The van der Waals surface area contributed by atoms with Crippen LogP contribution in [0.25, 0.3) is 0 Å². The Kier molecular flexibility index (Phi) is 5.41. The van der Waals surface area contributed by atoms with Crippen LogP contribution in [0.3, 0.4) is 0 Å². The third kappa shape index (κ3) is 4.14. The number of hydrogen-bond donors (Lipinski definition) is 1. The van der Waals surface area contributed by atoms with E-state index in [-0.39, 0.29) is 13.4 Å². The third-order valence-corrected chi connectivity index (χ3v) is 4.32. The molecule has 0 fully saturated rings. The van der Waals surface area contributed by atoms with Gasteiger partial charge in [0.25, 0.3) is 5.91 Å². The Bertz CT molecular complexity index is 800. The van der Waals surface area contributed by atoms with Gasteiger partial charge in [-0.3, -0.25) is 4.79 Å². The van der Waals surface area contributed by atoms with Crippen molar-refractivity contribution in [1.82, 2.24) is 0 Å². The smallest absolute Gasteiger partial charge is 0.338 e. The fourth-order valence-electron chi connectivity index (χ4n) is 2.57. The van der Waals surface area contributed by atoms with Crippen LogP contribution in [-0.2, 0) is 9.53 Å². The van der Waals surface area contributed by atoms with Crippen molar-refractivity contribution in [2.45, 2.75) is 26.2 Å². The SMILES string of the molecule is CCC(C)c1ccc(NC(=O)COC(=O)c2ccc3c(c2)OCO3)cc1. The van der Waals surface area contributed by atoms with E-state index < -0.39 is 11.9 Å². The van der Waals surface area contributed by atoms with Crippen molar-refractivity contribution < 1.29 is 23.8 Å². The average Bonchev–Trinajstić information content (AvgIpc) is 3.13. The van der Waals surface area contributed by atoms with Crippen LogP contribution in [0.2, 0.25) is 0 Å². The topological polar surface area (TPSA) is 73.9 Å². The maximum atomic E-state index is 12.1.